The molecule has 5 heterocycles. The molecule has 0 N–H and O–H groups in total. The first-order valence-electron chi connectivity index (χ1n) is 25.2. The molecule has 0 amide bonds. The first-order valence-corrected chi connectivity index (χ1v) is 25.2. The van der Waals surface area contributed by atoms with Gasteiger partial charge in [0.25, 0.3) is 0 Å². The van der Waals surface area contributed by atoms with E-state index >= 15 is 0 Å². The number of benzene rings is 7. The summed E-state index contributed by atoms with van der Waals surface area (Å²) in [6, 6.07) is 49.4. The molecule has 0 bridgehead atoms. The number of furan rings is 1. The van der Waals surface area contributed by atoms with Crippen LogP contribution in [0.15, 0.2) is 132 Å². The van der Waals surface area contributed by atoms with E-state index in [1.54, 1.807) is 0 Å². The number of hydrogen-bond acceptors (Lipinski definition) is 2. The largest absolute Gasteiger partial charge is 0.466 e. The van der Waals surface area contributed by atoms with Gasteiger partial charge in [0.15, 0.2) is 0 Å². The van der Waals surface area contributed by atoms with Crippen molar-refractivity contribution in [2.75, 3.05) is 4.90 Å². The Hall–Kier alpha value is -6.46. The summed E-state index contributed by atoms with van der Waals surface area (Å²) in [6.07, 6.45) is 0. The molecule has 0 fully saturated rings. The number of fused-ring (bicyclic) bond motifs is 13. The van der Waals surface area contributed by atoms with Crippen LogP contribution in [0.1, 0.15) is 132 Å². The molecular weight excluding hydrogens is 838 g/mol. The van der Waals surface area contributed by atoms with E-state index in [0.29, 0.717) is 0 Å². The fourth-order valence-corrected chi connectivity index (χ4v) is 11.6. The zero-order valence-corrected chi connectivity index (χ0v) is 43.5. The van der Waals surface area contributed by atoms with Gasteiger partial charge in [-0.1, -0.05) is 158 Å². The number of aromatic nitrogens is 2. The highest BCUT2D eigenvalue weighted by molar-refractivity contribution is 6.89. The summed E-state index contributed by atoms with van der Waals surface area (Å²) in [5, 5.41) is 6.27. The third kappa shape index (κ3) is 6.41. The van der Waals surface area contributed by atoms with Crippen LogP contribution in [0.5, 0.6) is 0 Å². The van der Waals surface area contributed by atoms with Gasteiger partial charge in [0, 0.05) is 60.6 Å². The van der Waals surface area contributed by atoms with E-state index in [-0.39, 0.29) is 33.9 Å². The van der Waals surface area contributed by atoms with Gasteiger partial charge in [0.2, 0.25) is 0 Å². The molecule has 5 heteroatoms. The highest BCUT2D eigenvalue weighted by atomic mass is 16.3. The fraction of sp³-hybridized carbons (Fsp3) is 0.312. The molecule has 0 spiro atoms. The van der Waals surface area contributed by atoms with E-state index in [4.69, 9.17) is 4.42 Å². The molecule has 0 saturated carbocycles. The van der Waals surface area contributed by atoms with Crippen molar-refractivity contribution in [1.82, 2.24) is 9.05 Å². The number of rotatable bonds is 2. The van der Waals surface area contributed by atoms with Crippen molar-refractivity contribution >= 4 is 89.6 Å². The summed E-state index contributed by atoms with van der Waals surface area (Å²) in [5.41, 5.74) is 21.7. The van der Waals surface area contributed by atoms with Crippen LogP contribution in [0, 0.1) is 0 Å². The summed E-state index contributed by atoms with van der Waals surface area (Å²) >= 11 is 0. The number of para-hydroxylation sites is 1. The summed E-state index contributed by atoms with van der Waals surface area (Å²) in [5.74, 6) is 0. The second kappa shape index (κ2) is 14.1. The fourth-order valence-electron chi connectivity index (χ4n) is 11.6. The van der Waals surface area contributed by atoms with Gasteiger partial charge in [-0.15, -0.1) is 0 Å². The van der Waals surface area contributed by atoms with Crippen molar-refractivity contribution in [3.63, 3.8) is 0 Å². The highest BCUT2D eigenvalue weighted by Gasteiger charge is 2.47. The molecule has 0 atom stereocenters. The van der Waals surface area contributed by atoms with E-state index in [0.717, 1.165) is 33.7 Å². The second-order valence-corrected chi connectivity index (χ2v) is 25.6. The lowest BCUT2D eigenvalue weighted by molar-refractivity contribution is 0.589. The van der Waals surface area contributed by atoms with Crippen molar-refractivity contribution in [2.24, 2.45) is 0 Å². The van der Waals surface area contributed by atoms with Gasteiger partial charge in [-0.25, -0.2) is 0 Å². The summed E-state index contributed by atoms with van der Waals surface area (Å²) in [4.78, 5) is 2.56. The summed E-state index contributed by atoms with van der Waals surface area (Å²) in [6.45, 7) is 34.8. The van der Waals surface area contributed by atoms with E-state index in [2.05, 4.69) is 245 Å². The molecule has 10 aromatic rings. The topological polar surface area (TPSA) is 26.2 Å². The molecule has 2 aliphatic heterocycles. The molecule has 2 aliphatic rings. The van der Waals surface area contributed by atoms with Crippen molar-refractivity contribution < 1.29 is 4.42 Å². The summed E-state index contributed by atoms with van der Waals surface area (Å²) in [7, 11) is 0. The molecule has 0 unspecified atom stereocenters. The molecule has 69 heavy (non-hydrogen) atoms. The standard InChI is InChI=1S/C64H66BN3O/c1-60(2,3)37-21-25-43(26-22-37)67-52-36-41(64(13,14)15)33-46-47-34-40(63(10,11)12)35-49-54-51(68(56(47)49)65(55(46)52)59-58(67)48-32-39(62(7,8)9)24-30-53(48)69-59)29-27-44-45-31-38(61(4,5)6)23-28-50(45)66(57(44)54)42-19-17-16-18-20-42/h16-36H,1-15H3. The maximum absolute atomic E-state index is 7.48. The van der Waals surface area contributed by atoms with Crippen molar-refractivity contribution in [1.29, 1.82) is 0 Å². The Morgan fingerprint density at radius 1 is 0.420 bits per heavy atom. The van der Waals surface area contributed by atoms with Crippen molar-refractivity contribution in [3.8, 4) is 16.8 Å². The van der Waals surface area contributed by atoms with Crippen LogP contribution >= 0.6 is 0 Å². The zero-order valence-electron chi connectivity index (χ0n) is 43.5. The van der Waals surface area contributed by atoms with Crippen LogP contribution in [0.4, 0.5) is 17.1 Å². The molecule has 7 aromatic carbocycles. The average molecular weight is 904 g/mol. The van der Waals surface area contributed by atoms with Gasteiger partial charge in [-0.05, 0) is 139 Å². The third-order valence-corrected chi connectivity index (χ3v) is 15.6. The van der Waals surface area contributed by atoms with Gasteiger partial charge in [0.05, 0.1) is 16.7 Å². The third-order valence-electron chi connectivity index (χ3n) is 15.6. The predicted octanol–water partition coefficient (Wildman–Crippen LogP) is 16.5. The lowest BCUT2D eigenvalue weighted by Gasteiger charge is -2.40. The minimum atomic E-state index is -0.234. The van der Waals surface area contributed by atoms with E-state index in [1.165, 1.54) is 93.7 Å². The molecule has 0 aliphatic carbocycles. The lowest BCUT2D eigenvalue weighted by atomic mass is 9.47. The van der Waals surface area contributed by atoms with Crippen LogP contribution in [0.2, 0.25) is 0 Å². The Morgan fingerprint density at radius 3 is 1.61 bits per heavy atom. The van der Waals surface area contributed by atoms with Crippen LogP contribution in [-0.4, -0.2) is 15.9 Å². The normalized spacial score (nSPS) is 14.2. The Balaban J connectivity index is 1.29. The van der Waals surface area contributed by atoms with Gasteiger partial charge in [-0.3, -0.25) is 0 Å². The molecule has 4 nitrogen and oxygen atoms in total. The monoisotopic (exact) mass is 904 g/mol. The average Bonchev–Trinajstić information content (AvgIpc) is 3.94. The van der Waals surface area contributed by atoms with Crippen LogP contribution < -0.4 is 16.0 Å². The Kier molecular flexibility index (Phi) is 8.94. The SMILES string of the molecule is CC(C)(C)c1ccc(N2c3cc(C(C)(C)C)cc4c3B(c3oc5ccc(C(C)(C)C)cc5c32)n2c3ccc5c6cc(C(C)(C)C)ccc6n(-c6ccccc6)c5c3c3cc(C(C)(C)C)cc-4c32)cc1. The first-order chi connectivity index (χ1) is 32.4. The maximum atomic E-state index is 7.48. The van der Waals surface area contributed by atoms with Crippen molar-refractivity contribution in [3.05, 3.63) is 155 Å². The maximum Gasteiger partial charge on any atom is 0.375 e. The number of hydrogen-bond donors (Lipinski definition) is 0. The molecular formula is C64H66BN3O. The molecule has 346 valence electrons. The predicted molar refractivity (Wildman–Crippen MR) is 298 cm³/mol. The minimum absolute atomic E-state index is 0.00156. The Labute approximate surface area is 409 Å². The van der Waals surface area contributed by atoms with Crippen LogP contribution in [-0.2, 0) is 27.1 Å². The number of nitrogens with zero attached hydrogens (tertiary/aromatic N) is 3. The van der Waals surface area contributed by atoms with E-state index < -0.39 is 0 Å². The molecule has 0 radical (unpaired) electrons. The van der Waals surface area contributed by atoms with Gasteiger partial charge >= 0.3 is 6.85 Å². The number of anilines is 3. The lowest BCUT2D eigenvalue weighted by Crippen LogP contribution is -2.56. The van der Waals surface area contributed by atoms with Crippen LogP contribution in [0.25, 0.3) is 71.4 Å². The van der Waals surface area contributed by atoms with Crippen molar-refractivity contribution in [2.45, 2.75) is 131 Å². The van der Waals surface area contributed by atoms with E-state index in [1.807, 2.05) is 0 Å². The Morgan fingerprint density at radius 2 is 0.971 bits per heavy atom. The van der Waals surface area contributed by atoms with Gasteiger partial charge in [-0.2, -0.15) is 0 Å². The molecule has 3 aromatic heterocycles. The highest BCUT2D eigenvalue weighted by Crippen LogP contribution is 2.52. The second-order valence-electron chi connectivity index (χ2n) is 25.6. The van der Waals surface area contributed by atoms with Gasteiger partial charge < -0.3 is 18.4 Å². The van der Waals surface area contributed by atoms with E-state index in [9.17, 15) is 0 Å². The van der Waals surface area contributed by atoms with Gasteiger partial charge in [0.1, 0.15) is 11.2 Å². The smallest absolute Gasteiger partial charge is 0.375 e. The first kappa shape index (κ1) is 43.8. The summed E-state index contributed by atoms with van der Waals surface area (Å²) < 4.78 is 12.7. The quantitative estimate of drug-likeness (QED) is 0.162. The molecule has 12 rings (SSSR count). The zero-order chi connectivity index (χ0) is 48.6. The minimum Gasteiger partial charge on any atom is -0.466 e. The van der Waals surface area contributed by atoms with Crippen LogP contribution in [0.3, 0.4) is 0 Å². The Bertz CT molecular complexity index is 3790. The molecule has 0 saturated heterocycles.